The van der Waals surface area contributed by atoms with Crippen LogP contribution in [-0.4, -0.2) is 23.7 Å². The van der Waals surface area contributed by atoms with E-state index in [1.807, 2.05) is 0 Å². The third-order valence-electron chi connectivity index (χ3n) is 3.62. The summed E-state index contributed by atoms with van der Waals surface area (Å²) in [6.07, 6.45) is -0.924. The molecule has 0 saturated carbocycles. The van der Waals surface area contributed by atoms with Crippen molar-refractivity contribution >= 4 is 17.3 Å². The van der Waals surface area contributed by atoms with Gasteiger partial charge in [0.2, 0.25) is 6.79 Å². The zero-order chi connectivity index (χ0) is 18.0. The Morgan fingerprint density at radius 3 is 2.76 bits per heavy atom. The Hall–Kier alpha value is -3.29. The summed E-state index contributed by atoms with van der Waals surface area (Å²) in [5.41, 5.74) is 1.07. The molecule has 8 nitrogen and oxygen atoms in total. The molecule has 25 heavy (non-hydrogen) atoms. The molecular weight excluding hydrogens is 328 g/mol. The average Bonchev–Trinajstić information content (AvgIpc) is 3.03. The number of carbonyl (C=O) groups is 1. The number of rotatable bonds is 5. The third-order valence-corrected chi connectivity index (χ3v) is 3.62. The van der Waals surface area contributed by atoms with E-state index in [1.165, 1.54) is 19.1 Å². The Balaban J connectivity index is 1.70. The molecule has 0 saturated heterocycles. The molecule has 0 bridgehead atoms. The third kappa shape index (κ3) is 3.63. The van der Waals surface area contributed by atoms with Crippen molar-refractivity contribution in [1.29, 1.82) is 0 Å². The average molecular weight is 344 g/mol. The van der Waals surface area contributed by atoms with Gasteiger partial charge in [0, 0.05) is 17.8 Å². The van der Waals surface area contributed by atoms with E-state index in [0.717, 1.165) is 5.56 Å². The maximum Gasteiger partial charge on any atom is 0.311 e. The van der Waals surface area contributed by atoms with E-state index in [0.29, 0.717) is 17.2 Å². The summed E-state index contributed by atoms with van der Waals surface area (Å²) in [4.78, 5) is 22.9. The largest absolute Gasteiger partial charge is 0.474 e. The van der Waals surface area contributed by atoms with Gasteiger partial charge in [-0.3, -0.25) is 14.9 Å². The number of amides is 1. The number of carbonyl (C=O) groups excluding carboxylic acids is 1. The van der Waals surface area contributed by atoms with Gasteiger partial charge in [-0.2, -0.15) is 0 Å². The topological polar surface area (TPSA) is 99.9 Å². The smallest absolute Gasteiger partial charge is 0.311 e. The van der Waals surface area contributed by atoms with Gasteiger partial charge in [0.1, 0.15) is 0 Å². The number of anilines is 1. The first-order valence-corrected chi connectivity index (χ1v) is 7.56. The number of nitro groups is 1. The van der Waals surface area contributed by atoms with Gasteiger partial charge in [0.05, 0.1) is 4.92 Å². The van der Waals surface area contributed by atoms with Gasteiger partial charge in [-0.1, -0.05) is 6.07 Å². The van der Waals surface area contributed by atoms with Crippen LogP contribution in [0.1, 0.15) is 12.5 Å². The van der Waals surface area contributed by atoms with Gasteiger partial charge in [-0.25, -0.2) is 0 Å². The number of fused-ring (bicyclic) bond motifs is 1. The van der Waals surface area contributed by atoms with Crippen LogP contribution in [0.2, 0.25) is 0 Å². The second-order valence-corrected chi connectivity index (χ2v) is 5.55. The molecule has 2 aromatic carbocycles. The van der Waals surface area contributed by atoms with E-state index >= 15 is 0 Å². The zero-order valence-corrected chi connectivity index (χ0v) is 13.6. The minimum Gasteiger partial charge on any atom is -0.474 e. The van der Waals surface area contributed by atoms with E-state index < -0.39 is 16.9 Å². The van der Waals surface area contributed by atoms with Crippen LogP contribution in [0.5, 0.6) is 17.2 Å². The molecule has 0 aliphatic carbocycles. The number of nitro benzene ring substituents is 1. The number of hydrogen-bond donors (Lipinski definition) is 1. The molecule has 0 fully saturated rings. The molecule has 3 rings (SSSR count). The Morgan fingerprint density at radius 1 is 1.24 bits per heavy atom. The molecule has 0 aromatic heterocycles. The molecule has 1 atom stereocenters. The van der Waals surface area contributed by atoms with Crippen LogP contribution in [0.3, 0.4) is 0 Å². The standard InChI is InChI=1S/C17H16N2O6/c1-10-3-5-14(13(7-10)19(21)22)25-11(2)17(20)18-12-4-6-15-16(8-12)24-9-23-15/h3-8,11H,9H2,1-2H3,(H,18,20)/t11-/m1/s1. The number of nitrogens with zero attached hydrogens (tertiary/aromatic N) is 1. The molecule has 130 valence electrons. The van der Waals surface area contributed by atoms with E-state index in [-0.39, 0.29) is 18.2 Å². The van der Waals surface area contributed by atoms with Gasteiger partial charge >= 0.3 is 5.69 Å². The monoisotopic (exact) mass is 344 g/mol. The van der Waals surface area contributed by atoms with Crippen LogP contribution in [0.15, 0.2) is 36.4 Å². The molecule has 8 heteroatoms. The lowest BCUT2D eigenvalue weighted by atomic mass is 10.2. The Bertz CT molecular complexity index is 836. The van der Waals surface area contributed by atoms with Crippen molar-refractivity contribution < 1.29 is 23.9 Å². The lowest BCUT2D eigenvalue weighted by Gasteiger charge is -2.15. The molecule has 2 aromatic rings. The lowest BCUT2D eigenvalue weighted by Crippen LogP contribution is -2.30. The summed E-state index contributed by atoms with van der Waals surface area (Å²) >= 11 is 0. The first kappa shape index (κ1) is 16.6. The fourth-order valence-electron chi connectivity index (χ4n) is 2.33. The summed E-state index contributed by atoms with van der Waals surface area (Å²) in [6, 6.07) is 9.57. The maximum atomic E-state index is 12.3. The first-order valence-electron chi connectivity index (χ1n) is 7.56. The minimum absolute atomic E-state index is 0.0453. The van der Waals surface area contributed by atoms with Gasteiger partial charge in [-0.05, 0) is 37.6 Å². The zero-order valence-electron chi connectivity index (χ0n) is 13.6. The van der Waals surface area contributed by atoms with E-state index in [2.05, 4.69) is 5.32 Å². The van der Waals surface area contributed by atoms with Crippen molar-refractivity contribution in [3.8, 4) is 17.2 Å². The summed E-state index contributed by atoms with van der Waals surface area (Å²) < 4.78 is 15.9. The number of benzene rings is 2. The molecule has 1 amide bonds. The van der Waals surface area contributed by atoms with Gasteiger partial charge in [0.15, 0.2) is 23.4 Å². The summed E-state index contributed by atoms with van der Waals surface area (Å²) in [5, 5.41) is 13.8. The second-order valence-electron chi connectivity index (χ2n) is 5.55. The summed E-state index contributed by atoms with van der Waals surface area (Å²) in [5.74, 6) is 0.760. The predicted octanol–water partition coefficient (Wildman–Crippen LogP) is 3.04. The van der Waals surface area contributed by atoms with Crippen molar-refractivity contribution in [1.82, 2.24) is 0 Å². The molecular formula is C17H16N2O6. The SMILES string of the molecule is Cc1ccc(O[C@H](C)C(=O)Nc2ccc3c(c2)OCO3)c([N+](=O)[O-])c1. The van der Waals surface area contributed by atoms with Crippen LogP contribution in [-0.2, 0) is 4.79 Å². The maximum absolute atomic E-state index is 12.3. The molecule has 1 N–H and O–H groups in total. The van der Waals surface area contributed by atoms with Crippen molar-refractivity contribution in [3.05, 3.63) is 52.1 Å². The van der Waals surface area contributed by atoms with Crippen molar-refractivity contribution in [2.45, 2.75) is 20.0 Å². The second kappa shape index (κ2) is 6.68. The van der Waals surface area contributed by atoms with Gasteiger partial charge in [0.25, 0.3) is 5.91 Å². The Labute approximate surface area is 143 Å². The molecule has 0 unspecified atom stereocenters. The van der Waals surface area contributed by atoms with Crippen molar-refractivity contribution in [3.63, 3.8) is 0 Å². The Kier molecular flexibility index (Phi) is 4.42. The quantitative estimate of drug-likeness (QED) is 0.661. The predicted molar refractivity (Wildman–Crippen MR) is 89.1 cm³/mol. The first-order chi connectivity index (χ1) is 11.9. The normalized spacial score (nSPS) is 13.2. The highest BCUT2D eigenvalue weighted by molar-refractivity contribution is 5.94. The summed E-state index contributed by atoms with van der Waals surface area (Å²) in [7, 11) is 0. The van der Waals surface area contributed by atoms with E-state index in [4.69, 9.17) is 14.2 Å². The highest BCUT2D eigenvalue weighted by atomic mass is 16.7. The highest BCUT2D eigenvalue weighted by Crippen LogP contribution is 2.34. The number of aryl methyl sites for hydroxylation is 1. The minimum atomic E-state index is -0.924. The fourth-order valence-corrected chi connectivity index (χ4v) is 2.33. The summed E-state index contributed by atoms with van der Waals surface area (Å²) in [6.45, 7) is 3.40. The molecule has 0 spiro atoms. The van der Waals surface area contributed by atoms with E-state index in [9.17, 15) is 14.9 Å². The van der Waals surface area contributed by atoms with Crippen molar-refractivity contribution in [2.75, 3.05) is 12.1 Å². The van der Waals surface area contributed by atoms with Crippen LogP contribution >= 0.6 is 0 Å². The number of ether oxygens (including phenoxy) is 3. The van der Waals surface area contributed by atoms with Crippen LogP contribution in [0.25, 0.3) is 0 Å². The molecule has 1 heterocycles. The number of nitrogens with one attached hydrogen (secondary N) is 1. The lowest BCUT2D eigenvalue weighted by molar-refractivity contribution is -0.386. The Morgan fingerprint density at radius 2 is 2.00 bits per heavy atom. The fraction of sp³-hybridized carbons (Fsp3) is 0.235. The molecule has 1 aliphatic heterocycles. The molecule has 0 radical (unpaired) electrons. The van der Waals surface area contributed by atoms with Crippen LogP contribution in [0, 0.1) is 17.0 Å². The highest BCUT2D eigenvalue weighted by Gasteiger charge is 2.22. The van der Waals surface area contributed by atoms with Crippen LogP contribution in [0.4, 0.5) is 11.4 Å². The number of hydrogen-bond acceptors (Lipinski definition) is 6. The molecule has 1 aliphatic rings. The van der Waals surface area contributed by atoms with Gasteiger partial charge in [-0.15, -0.1) is 0 Å². The van der Waals surface area contributed by atoms with Gasteiger partial charge < -0.3 is 19.5 Å². The van der Waals surface area contributed by atoms with E-state index in [1.54, 1.807) is 31.2 Å². The van der Waals surface area contributed by atoms with Crippen molar-refractivity contribution in [2.24, 2.45) is 0 Å². The van der Waals surface area contributed by atoms with Crippen LogP contribution < -0.4 is 19.5 Å².